The fraction of sp³-hybridized carbons (Fsp3) is 0.250. The lowest BCUT2D eigenvalue weighted by Gasteiger charge is -2.39. The smallest absolute Gasteiger partial charge is 0.337 e. The maximum atomic E-state index is 10.8. The van der Waals surface area contributed by atoms with Gasteiger partial charge in [-0.2, -0.15) is 0 Å². The average molecular weight is 613 g/mol. The first kappa shape index (κ1) is 29.3. The Labute approximate surface area is 269 Å². The van der Waals surface area contributed by atoms with Gasteiger partial charge in [-0.1, -0.05) is 92.2 Å². The molecule has 1 atom stereocenters. The van der Waals surface area contributed by atoms with Crippen molar-refractivity contribution >= 4 is 55.7 Å². The van der Waals surface area contributed by atoms with Crippen molar-refractivity contribution in [2.75, 3.05) is 18.0 Å². The van der Waals surface area contributed by atoms with Gasteiger partial charge in [0, 0.05) is 40.8 Å². The first-order valence-corrected chi connectivity index (χ1v) is 16.2. The highest BCUT2D eigenvalue weighted by Gasteiger charge is 2.35. The molecule has 8 rings (SSSR count). The van der Waals surface area contributed by atoms with E-state index in [1.807, 2.05) is 12.1 Å². The minimum atomic E-state index is -0.940. The fourth-order valence-electron chi connectivity index (χ4n) is 7.67. The van der Waals surface area contributed by atoms with Crippen molar-refractivity contribution in [2.24, 2.45) is 0 Å². The summed E-state index contributed by atoms with van der Waals surface area (Å²) in [5.74, 6) is -0.391. The lowest BCUT2D eigenvalue weighted by atomic mass is 9.65. The van der Waals surface area contributed by atoms with E-state index in [1.54, 1.807) is 24.4 Å². The van der Waals surface area contributed by atoms with Gasteiger partial charge >= 0.3 is 5.97 Å². The van der Waals surface area contributed by atoms with Crippen LogP contribution < -0.4 is 4.90 Å². The average Bonchev–Trinajstić information content (AvgIpc) is 3.60. The van der Waals surface area contributed by atoms with Gasteiger partial charge in [-0.25, -0.2) is 4.79 Å². The highest BCUT2D eigenvalue weighted by Crippen LogP contribution is 2.48. The molecule has 2 aliphatic rings. The maximum Gasteiger partial charge on any atom is 0.337 e. The third-order valence-electron chi connectivity index (χ3n) is 9.65. The Balaban J connectivity index is 0.000000209. The van der Waals surface area contributed by atoms with Crippen molar-refractivity contribution in [3.63, 3.8) is 0 Å². The molecule has 1 saturated heterocycles. The Hall–Kier alpha value is -4.41. The number of carboxylic acids is 1. The number of aromatic nitrogens is 1. The van der Waals surface area contributed by atoms with E-state index in [1.165, 1.54) is 64.5 Å². The lowest BCUT2D eigenvalue weighted by Crippen LogP contribution is -2.29. The van der Waals surface area contributed by atoms with Crippen LogP contribution in [0.15, 0.2) is 103 Å². The number of benzene rings is 5. The molecule has 0 bridgehead atoms. The summed E-state index contributed by atoms with van der Waals surface area (Å²) < 4.78 is 0. The van der Waals surface area contributed by atoms with Crippen LogP contribution in [0.3, 0.4) is 0 Å². The van der Waals surface area contributed by atoms with Crippen molar-refractivity contribution in [1.82, 2.24) is 4.98 Å². The van der Waals surface area contributed by atoms with E-state index in [2.05, 4.69) is 90.5 Å². The van der Waals surface area contributed by atoms with Gasteiger partial charge in [0.2, 0.25) is 0 Å². The van der Waals surface area contributed by atoms with Crippen molar-refractivity contribution in [3.8, 4) is 0 Å². The first-order valence-electron chi connectivity index (χ1n) is 15.9. The van der Waals surface area contributed by atoms with Gasteiger partial charge in [-0.15, -0.1) is 0 Å². The number of nitrogens with zero attached hydrogens (tertiary/aromatic N) is 2. The van der Waals surface area contributed by atoms with Gasteiger partial charge in [0.1, 0.15) is 0 Å². The molecule has 6 aromatic rings. The predicted octanol–water partition coefficient (Wildman–Crippen LogP) is 10.2. The molecular formula is C40H37ClN2O2. The Morgan fingerprint density at radius 1 is 0.844 bits per heavy atom. The Kier molecular flexibility index (Phi) is 7.71. The third kappa shape index (κ3) is 5.53. The normalized spacial score (nSPS) is 17.2. The molecule has 1 fully saturated rings. The second-order valence-electron chi connectivity index (χ2n) is 13.1. The van der Waals surface area contributed by atoms with Crippen molar-refractivity contribution in [2.45, 2.75) is 50.9 Å². The van der Waals surface area contributed by atoms with Gasteiger partial charge in [0.15, 0.2) is 0 Å². The van der Waals surface area contributed by atoms with Crippen LogP contribution in [0.25, 0.3) is 32.4 Å². The minimum Gasteiger partial charge on any atom is -0.478 e. The molecule has 1 aromatic heterocycles. The van der Waals surface area contributed by atoms with Crippen LogP contribution in [0.1, 0.15) is 66.1 Å². The maximum absolute atomic E-state index is 10.8. The van der Waals surface area contributed by atoms with Crippen LogP contribution in [-0.4, -0.2) is 29.1 Å². The number of hydrogen-bond donors (Lipinski definition) is 1. The molecule has 226 valence electrons. The Morgan fingerprint density at radius 2 is 1.58 bits per heavy atom. The lowest BCUT2D eigenvalue weighted by molar-refractivity contribution is 0.0699. The zero-order valence-electron chi connectivity index (χ0n) is 25.8. The summed E-state index contributed by atoms with van der Waals surface area (Å²) in [6.07, 6.45) is 6.49. The first-order chi connectivity index (χ1) is 21.8. The molecule has 1 unspecified atom stereocenters. The summed E-state index contributed by atoms with van der Waals surface area (Å²) in [5.41, 5.74) is 6.75. The highest BCUT2D eigenvalue weighted by molar-refractivity contribution is 6.37. The monoisotopic (exact) mass is 612 g/mol. The molecule has 0 radical (unpaired) electrons. The second-order valence-corrected chi connectivity index (χ2v) is 13.5. The van der Waals surface area contributed by atoms with Crippen LogP contribution in [0.2, 0.25) is 5.02 Å². The minimum absolute atomic E-state index is 0.0905. The molecule has 1 N–H and O–H groups in total. The number of fused-ring (bicyclic) bond motifs is 6. The Bertz CT molecular complexity index is 2060. The van der Waals surface area contributed by atoms with Crippen LogP contribution in [0.4, 0.5) is 5.69 Å². The number of rotatable bonds is 3. The zero-order valence-corrected chi connectivity index (χ0v) is 26.5. The number of para-hydroxylation sites is 1. The van der Waals surface area contributed by atoms with Gasteiger partial charge in [0.25, 0.3) is 0 Å². The van der Waals surface area contributed by atoms with E-state index in [-0.39, 0.29) is 11.0 Å². The molecule has 2 heterocycles. The number of pyridine rings is 1. The van der Waals surface area contributed by atoms with Gasteiger partial charge in [0.05, 0.1) is 11.1 Å². The number of carboxylic acid groups (broad SMARTS) is 1. The van der Waals surface area contributed by atoms with Crippen molar-refractivity contribution in [3.05, 3.63) is 131 Å². The molecule has 5 aromatic carbocycles. The van der Waals surface area contributed by atoms with E-state index in [4.69, 9.17) is 16.7 Å². The van der Waals surface area contributed by atoms with Crippen LogP contribution in [0, 0.1) is 0 Å². The number of hydrogen-bond acceptors (Lipinski definition) is 3. The van der Waals surface area contributed by atoms with E-state index < -0.39 is 5.97 Å². The number of anilines is 1. The van der Waals surface area contributed by atoms with Crippen LogP contribution in [0.5, 0.6) is 0 Å². The Morgan fingerprint density at radius 3 is 2.38 bits per heavy atom. The van der Waals surface area contributed by atoms with Gasteiger partial charge < -0.3 is 10.0 Å². The summed E-state index contributed by atoms with van der Waals surface area (Å²) >= 11 is 6.77. The van der Waals surface area contributed by atoms with E-state index in [9.17, 15) is 4.79 Å². The molecular weight excluding hydrogens is 576 g/mol. The standard InChI is InChI=1S/C30H30ClN.C10H7NO2/c1-30(2)19-22(20-8-7-9-23(17-20)32-14-5-6-15-32)16-21-12-13-25-24-10-3-4-11-26(24)28(31)18-27(25)29(21)30;12-10(13)8-5-1-3-7-4-2-6-11-9(7)8/h3-4,7-13,17-18,22H,5-6,14-16,19H2,1-2H3;1-6H,(H,12,13). The molecule has 45 heavy (non-hydrogen) atoms. The van der Waals surface area contributed by atoms with Gasteiger partial charge in [-0.3, -0.25) is 4.98 Å². The number of aromatic carboxylic acids is 1. The summed E-state index contributed by atoms with van der Waals surface area (Å²) in [6, 6.07) is 33.5. The molecule has 5 heteroatoms. The molecule has 1 aliphatic heterocycles. The van der Waals surface area contributed by atoms with Gasteiger partial charge in [-0.05, 0) is 100 Å². The van der Waals surface area contributed by atoms with Crippen molar-refractivity contribution in [1.29, 1.82) is 0 Å². The number of halogens is 1. The molecule has 1 aliphatic carbocycles. The summed E-state index contributed by atoms with van der Waals surface area (Å²) in [5, 5.41) is 15.6. The summed E-state index contributed by atoms with van der Waals surface area (Å²) in [6.45, 7) is 7.24. The predicted molar refractivity (Wildman–Crippen MR) is 187 cm³/mol. The molecule has 0 amide bonds. The summed E-state index contributed by atoms with van der Waals surface area (Å²) in [7, 11) is 0. The second kappa shape index (κ2) is 11.8. The highest BCUT2D eigenvalue weighted by atomic mass is 35.5. The van der Waals surface area contributed by atoms with E-state index in [0.717, 1.165) is 28.6 Å². The largest absolute Gasteiger partial charge is 0.478 e. The molecule has 0 spiro atoms. The van der Waals surface area contributed by atoms with Crippen LogP contribution >= 0.6 is 11.6 Å². The zero-order chi connectivity index (χ0) is 31.1. The quantitative estimate of drug-likeness (QED) is 0.202. The SMILES string of the molecule is CC1(C)CC(c2cccc(N3CCCC3)c2)Cc2ccc3c(cc(Cl)c4ccccc43)c21.O=C(O)c1cccc2cccnc12. The van der Waals surface area contributed by atoms with Crippen molar-refractivity contribution < 1.29 is 9.90 Å². The summed E-state index contributed by atoms with van der Waals surface area (Å²) in [4.78, 5) is 17.3. The molecule has 4 nitrogen and oxygen atoms in total. The fourth-order valence-corrected chi connectivity index (χ4v) is 7.94. The van der Waals surface area contributed by atoms with E-state index >= 15 is 0 Å². The third-order valence-corrected chi connectivity index (χ3v) is 9.97. The number of carbonyl (C=O) groups is 1. The van der Waals surface area contributed by atoms with Crippen LogP contribution in [-0.2, 0) is 11.8 Å². The topological polar surface area (TPSA) is 53.4 Å². The van der Waals surface area contributed by atoms with E-state index in [0.29, 0.717) is 11.4 Å². The molecule has 0 saturated carbocycles.